The third-order valence-corrected chi connectivity index (χ3v) is 2.80. The van der Waals surface area contributed by atoms with Crippen molar-refractivity contribution in [3.63, 3.8) is 0 Å². The molecule has 0 saturated heterocycles. The fourth-order valence-corrected chi connectivity index (χ4v) is 1.76. The van der Waals surface area contributed by atoms with Gasteiger partial charge in [-0.05, 0) is 26.8 Å². The number of aldehydes is 1. The van der Waals surface area contributed by atoms with Crippen LogP contribution in [0.3, 0.4) is 0 Å². The molecule has 6 heteroatoms. The minimum atomic E-state index is -0.963. The SMILES string of the molecule is COc1cccc(C(C=O)N(C)C(=O)OC(C)(C)C)c1O. The van der Waals surface area contributed by atoms with E-state index in [9.17, 15) is 14.7 Å². The van der Waals surface area contributed by atoms with Gasteiger partial charge in [-0.1, -0.05) is 12.1 Å². The number of phenols is 1. The van der Waals surface area contributed by atoms with E-state index in [2.05, 4.69) is 0 Å². The van der Waals surface area contributed by atoms with Gasteiger partial charge in [-0.25, -0.2) is 4.79 Å². The number of carbonyl (C=O) groups excluding carboxylic acids is 2. The van der Waals surface area contributed by atoms with E-state index in [1.165, 1.54) is 14.2 Å². The minimum Gasteiger partial charge on any atom is -0.504 e. The molecule has 1 unspecified atom stereocenters. The Kier molecular flexibility index (Phi) is 5.18. The Hall–Kier alpha value is -2.24. The van der Waals surface area contributed by atoms with E-state index in [0.29, 0.717) is 6.29 Å². The highest BCUT2D eigenvalue weighted by Gasteiger charge is 2.28. The summed E-state index contributed by atoms with van der Waals surface area (Å²) in [6.07, 6.45) is -0.0832. The zero-order valence-electron chi connectivity index (χ0n) is 12.9. The molecule has 6 nitrogen and oxygen atoms in total. The molecular formula is C15H21NO5. The number of hydrogen-bond donors (Lipinski definition) is 1. The van der Waals surface area contributed by atoms with Crippen LogP contribution in [0.2, 0.25) is 0 Å². The number of aromatic hydroxyl groups is 1. The summed E-state index contributed by atoms with van der Waals surface area (Å²) in [7, 11) is 2.85. The Balaban J connectivity index is 3.08. The molecule has 21 heavy (non-hydrogen) atoms. The fraction of sp³-hybridized carbons (Fsp3) is 0.467. The first-order valence-electron chi connectivity index (χ1n) is 6.48. The Labute approximate surface area is 124 Å². The van der Waals surface area contributed by atoms with Gasteiger partial charge in [0.05, 0.1) is 7.11 Å². The van der Waals surface area contributed by atoms with Crippen molar-refractivity contribution in [1.29, 1.82) is 0 Å². The second-order valence-corrected chi connectivity index (χ2v) is 5.57. The molecule has 0 radical (unpaired) electrons. The first kappa shape index (κ1) is 16.8. The molecule has 0 fully saturated rings. The topological polar surface area (TPSA) is 76.1 Å². The zero-order valence-corrected chi connectivity index (χ0v) is 12.9. The highest BCUT2D eigenvalue weighted by atomic mass is 16.6. The number of amides is 1. The number of para-hydroxylation sites is 1. The van der Waals surface area contributed by atoms with E-state index in [0.717, 1.165) is 4.90 Å². The number of benzene rings is 1. The van der Waals surface area contributed by atoms with Crippen molar-refractivity contribution in [1.82, 2.24) is 4.90 Å². The Morgan fingerprint density at radius 2 is 2.00 bits per heavy atom. The molecular weight excluding hydrogens is 274 g/mol. The van der Waals surface area contributed by atoms with E-state index in [1.54, 1.807) is 39.0 Å². The van der Waals surface area contributed by atoms with E-state index >= 15 is 0 Å². The van der Waals surface area contributed by atoms with Gasteiger partial charge in [-0.3, -0.25) is 4.90 Å². The molecule has 0 spiro atoms. The molecule has 1 amide bonds. The third kappa shape index (κ3) is 4.11. The molecule has 0 bridgehead atoms. The molecule has 1 aromatic rings. The summed E-state index contributed by atoms with van der Waals surface area (Å²) in [4.78, 5) is 24.5. The van der Waals surface area contributed by atoms with Crippen molar-refractivity contribution in [3.05, 3.63) is 23.8 Å². The van der Waals surface area contributed by atoms with Gasteiger partial charge < -0.3 is 19.4 Å². The summed E-state index contributed by atoms with van der Waals surface area (Å²) in [5, 5.41) is 10.1. The molecule has 0 aromatic heterocycles. The molecule has 0 aliphatic heterocycles. The van der Waals surface area contributed by atoms with Gasteiger partial charge in [0.1, 0.15) is 17.9 Å². The van der Waals surface area contributed by atoms with Gasteiger partial charge >= 0.3 is 6.09 Å². The molecule has 1 aromatic carbocycles. The van der Waals surface area contributed by atoms with Crippen molar-refractivity contribution < 1.29 is 24.2 Å². The lowest BCUT2D eigenvalue weighted by molar-refractivity contribution is -0.112. The average molecular weight is 295 g/mol. The number of carbonyl (C=O) groups is 2. The van der Waals surface area contributed by atoms with Crippen molar-refractivity contribution in [2.45, 2.75) is 32.4 Å². The molecule has 0 heterocycles. The van der Waals surface area contributed by atoms with Crippen LogP contribution in [0.15, 0.2) is 18.2 Å². The van der Waals surface area contributed by atoms with Gasteiger partial charge in [0.15, 0.2) is 11.5 Å². The molecule has 0 aliphatic carbocycles. The Bertz CT molecular complexity index is 521. The summed E-state index contributed by atoms with van der Waals surface area (Å²) < 4.78 is 10.2. The van der Waals surface area contributed by atoms with Crippen molar-refractivity contribution in [3.8, 4) is 11.5 Å². The van der Waals surface area contributed by atoms with Crippen LogP contribution >= 0.6 is 0 Å². The lowest BCUT2D eigenvalue weighted by Crippen LogP contribution is -2.37. The van der Waals surface area contributed by atoms with Gasteiger partial charge in [0.25, 0.3) is 0 Å². The Morgan fingerprint density at radius 3 is 2.48 bits per heavy atom. The predicted octanol–water partition coefficient (Wildman–Crippen LogP) is 2.51. The summed E-state index contributed by atoms with van der Waals surface area (Å²) in [5.74, 6) is 0.0597. The number of rotatable bonds is 4. The molecule has 1 rings (SSSR count). The lowest BCUT2D eigenvalue weighted by atomic mass is 10.1. The van der Waals surface area contributed by atoms with Gasteiger partial charge in [-0.15, -0.1) is 0 Å². The summed E-state index contributed by atoms with van der Waals surface area (Å²) in [5.41, 5.74) is -0.396. The number of likely N-dealkylation sites (N-methyl/N-ethyl adjacent to an activating group) is 1. The predicted molar refractivity (Wildman–Crippen MR) is 77.5 cm³/mol. The summed E-state index contributed by atoms with van der Waals surface area (Å²) in [6.45, 7) is 5.20. The summed E-state index contributed by atoms with van der Waals surface area (Å²) in [6, 6.07) is 3.79. The maximum absolute atomic E-state index is 12.0. The van der Waals surface area contributed by atoms with Gasteiger partial charge in [0.2, 0.25) is 0 Å². The standard InChI is InChI=1S/C15H21NO5/c1-15(2,3)21-14(19)16(4)11(9-17)10-7-6-8-12(20-5)13(10)18/h6-9,11,18H,1-5H3. The molecule has 116 valence electrons. The van der Waals surface area contributed by atoms with Crippen LogP contribution in [0.4, 0.5) is 4.79 Å². The zero-order chi connectivity index (χ0) is 16.2. The van der Waals surface area contributed by atoms with Crippen LogP contribution in [0.1, 0.15) is 32.4 Å². The van der Waals surface area contributed by atoms with Crippen molar-refractivity contribution >= 4 is 12.4 Å². The van der Waals surface area contributed by atoms with E-state index in [-0.39, 0.29) is 17.1 Å². The van der Waals surface area contributed by atoms with Gasteiger partial charge in [-0.2, -0.15) is 0 Å². The number of nitrogens with zero attached hydrogens (tertiary/aromatic N) is 1. The highest BCUT2D eigenvalue weighted by Crippen LogP contribution is 2.35. The van der Waals surface area contributed by atoms with E-state index in [1.807, 2.05) is 0 Å². The fourth-order valence-electron chi connectivity index (χ4n) is 1.76. The second kappa shape index (κ2) is 6.47. The first-order chi connectivity index (χ1) is 9.71. The van der Waals surface area contributed by atoms with E-state index < -0.39 is 17.7 Å². The van der Waals surface area contributed by atoms with Gasteiger partial charge in [0, 0.05) is 12.6 Å². The highest BCUT2D eigenvalue weighted by molar-refractivity contribution is 5.76. The van der Waals surface area contributed by atoms with Crippen LogP contribution in [0, 0.1) is 0 Å². The van der Waals surface area contributed by atoms with Crippen molar-refractivity contribution in [2.24, 2.45) is 0 Å². The third-order valence-electron chi connectivity index (χ3n) is 2.80. The molecule has 1 atom stereocenters. The number of hydrogen-bond acceptors (Lipinski definition) is 5. The second-order valence-electron chi connectivity index (χ2n) is 5.57. The van der Waals surface area contributed by atoms with Crippen molar-refractivity contribution in [2.75, 3.05) is 14.2 Å². The smallest absolute Gasteiger partial charge is 0.410 e. The summed E-state index contributed by atoms with van der Waals surface area (Å²) >= 11 is 0. The van der Waals surface area contributed by atoms with Crippen LogP contribution < -0.4 is 4.74 Å². The number of ether oxygens (including phenoxy) is 2. The normalized spacial score (nSPS) is 12.4. The van der Waals surface area contributed by atoms with Crippen LogP contribution in [-0.4, -0.2) is 42.1 Å². The minimum absolute atomic E-state index is 0.174. The first-order valence-corrected chi connectivity index (χ1v) is 6.48. The maximum atomic E-state index is 12.0. The average Bonchev–Trinajstić information content (AvgIpc) is 2.39. The molecule has 1 N–H and O–H groups in total. The molecule has 0 saturated carbocycles. The lowest BCUT2D eigenvalue weighted by Gasteiger charge is -2.28. The van der Waals surface area contributed by atoms with Crippen LogP contribution in [0.25, 0.3) is 0 Å². The monoisotopic (exact) mass is 295 g/mol. The van der Waals surface area contributed by atoms with Crippen LogP contribution in [0.5, 0.6) is 11.5 Å². The maximum Gasteiger partial charge on any atom is 0.410 e. The molecule has 0 aliphatic rings. The largest absolute Gasteiger partial charge is 0.504 e. The quantitative estimate of drug-likeness (QED) is 0.864. The van der Waals surface area contributed by atoms with E-state index in [4.69, 9.17) is 9.47 Å². The number of phenolic OH excluding ortho intramolecular Hbond substituents is 1. The number of methoxy groups -OCH3 is 1. The van der Waals surface area contributed by atoms with Crippen LogP contribution in [-0.2, 0) is 9.53 Å². The Morgan fingerprint density at radius 1 is 1.38 bits per heavy atom.